The minimum absolute atomic E-state index is 0.758. The fraction of sp³-hybridized carbons (Fsp3) is 0.125. The summed E-state index contributed by atoms with van der Waals surface area (Å²) in [5, 5.41) is 1.27. The van der Waals surface area contributed by atoms with Gasteiger partial charge in [-0.3, -0.25) is 0 Å². The van der Waals surface area contributed by atoms with Gasteiger partial charge in [0.15, 0.2) is 5.65 Å². The third kappa shape index (κ3) is 2.14. The molecule has 0 unspecified atom stereocenters. The summed E-state index contributed by atoms with van der Waals surface area (Å²) in [5.41, 5.74) is 4.23. The second-order valence-electron chi connectivity index (χ2n) is 5.17. The van der Waals surface area contributed by atoms with Crippen molar-refractivity contribution in [1.82, 2.24) is 19.5 Å². The number of hydrogen-bond acceptors (Lipinski definition) is 2. The zero-order chi connectivity index (χ0) is 14.4. The highest BCUT2D eigenvalue weighted by atomic mass is 79.9. The lowest BCUT2D eigenvalue weighted by Gasteiger charge is -1.95. The number of rotatable bonds is 2. The van der Waals surface area contributed by atoms with E-state index in [0.29, 0.717) is 0 Å². The number of nitrogens with one attached hydrogen (secondary N) is 1. The van der Waals surface area contributed by atoms with Crippen molar-refractivity contribution >= 4 is 38.0 Å². The zero-order valence-corrected chi connectivity index (χ0v) is 13.1. The molecule has 21 heavy (non-hydrogen) atoms. The van der Waals surface area contributed by atoms with E-state index in [2.05, 4.69) is 73.0 Å². The second-order valence-corrected chi connectivity index (χ2v) is 6.08. The van der Waals surface area contributed by atoms with Gasteiger partial charge in [-0.1, -0.05) is 18.2 Å². The smallest absolute Gasteiger partial charge is 0.177 e. The first-order valence-corrected chi connectivity index (χ1v) is 7.53. The summed E-state index contributed by atoms with van der Waals surface area (Å²) >= 11 is 3.43. The predicted molar refractivity (Wildman–Crippen MR) is 87.3 cm³/mol. The van der Waals surface area contributed by atoms with E-state index in [4.69, 9.17) is 0 Å². The van der Waals surface area contributed by atoms with Crippen LogP contribution in [0.15, 0.2) is 47.2 Å². The van der Waals surface area contributed by atoms with Gasteiger partial charge in [-0.2, -0.15) is 0 Å². The molecule has 4 nitrogen and oxygen atoms in total. The first kappa shape index (κ1) is 12.6. The fourth-order valence-electron chi connectivity index (χ4n) is 2.75. The normalized spacial score (nSPS) is 11.5. The van der Waals surface area contributed by atoms with Gasteiger partial charge in [-0.05, 0) is 33.6 Å². The van der Waals surface area contributed by atoms with Gasteiger partial charge in [0.1, 0.15) is 5.82 Å². The molecule has 0 saturated carbocycles. The molecule has 0 spiro atoms. The fourth-order valence-corrected chi connectivity index (χ4v) is 3.09. The minimum atomic E-state index is 0.758. The molecule has 4 aromatic rings. The van der Waals surface area contributed by atoms with Crippen LogP contribution >= 0.6 is 15.9 Å². The molecule has 1 N–H and O–H groups in total. The Bertz CT molecular complexity index is 951. The summed E-state index contributed by atoms with van der Waals surface area (Å²) in [5.74, 6) is 0.937. The van der Waals surface area contributed by atoms with Crippen molar-refractivity contribution in [3.63, 3.8) is 0 Å². The molecule has 3 aromatic heterocycles. The molecule has 4 rings (SSSR count). The third-order valence-corrected chi connectivity index (χ3v) is 4.12. The van der Waals surface area contributed by atoms with Crippen LogP contribution in [0.2, 0.25) is 0 Å². The van der Waals surface area contributed by atoms with E-state index < -0.39 is 0 Å². The predicted octanol–water partition coefficient (Wildman–Crippen LogP) is 3.80. The lowest BCUT2D eigenvalue weighted by molar-refractivity contribution is 0.949. The summed E-state index contributed by atoms with van der Waals surface area (Å²) in [4.78, 5) is 12.2. The zero-order valence-electron chi connectivity index (χ0n) is 11.5. The number of imidazole rings is 1. The maximum absolute atomic E-state index is 4.57. The molecule has 0 aliphatic rings. The molecule has 0 aliphatic heterocycles. The molecule has 5 heteroatoms. The first-order valence-electron chi connectivity index (χ1n) is 6.74. The van der Waals surface area contributed by atoms with Gasteiger partial charge < -0.3 is 9.55 Å². The lowest BCUT2D eigenvalue weighted by atomic mass is 10.1. The summed E-state index contributed by atoms with van der Waals surface area (Å²) in [6, 6.07) is 10.4. The standard InChI is InChI=1S/C16H13BrN4/c1-21-9-10(12-4-2-3-5-14(12)21)6-15-19-13-7-11(17)8-18-16(13)20-15/h2-5,7-9H,6H2,1H3,(H,18,19,20). The average molecular weight is 341 g/mol. The van der Waals surface area contributed by atoms with Crippen LogP contribution in [0, 0.1) is 0 Å². The van der Waals surface area contributed by atoms with Crippen LogP contribution in [-0.4, -0.2) is 19.5 Å². The number of pyridine rings is 1. The maximum atomic E-state index is 4.57. The molecule has 0 aliphatic carbocycles. The van der Waals surface area contributed by atoms with E-state index in [1.807, 2.05) is 6.07 Å². The van der Waals surface area contributed by atoms with Crippen LogP contribution in [0.1, 0.15) is 11.4 Å². The van der Waals surface area contributed by atoms with Gasteiger partial charge in [-0.15, -0.1) is 0 Å². The lowest BCUT2D eigenvalue weighted by Crippen LogP contribution is -1.89. The van der Waals surface area contributed by atoms with Crippen molar-refractivity contribution in [3.8, 4) is 0 Å². The summed E-state index contributed by atoms with van der Waals surface area (Å²) < 4.78 is 3.11. The Labute approximate surface area is 130 Å². The van der Waals surface area contributed by atoms with Crippen LogP contribution < -0.4 is 0 Å². The van der Waals surface area contributed by atoms with Crippen molar-refractivity contribution in [2.75, 3.05) is 0 Å². The number of benzene rings is 1. The molecular formula is C16H13BrN4. The van der Waals surface area contributed by atoms with E-state index in [0.717, 1.165) is 27.9 Å². The third-order valence-electron chi connectivity index (χ3n) is 3.69. The number of fused-ring (bicyclic) bond motifs is 2. The van der Waals surface area contributed by atoms with E-state index >= 15 is 0 Å². The molecule has 1 aromatic carbocycles. The summed E-state index contributed by atoms with van der Waals surface area (Å²) in [7, 11) is 2.07. The van der Waals surface area contributed by atoms with E-state index in [-0.39, 0.29) is 0 Å². The minimum Gasteiger partial charge on any atom is -0.350 e. The first-order chi connectivity index (χ1) is 10.2. The van der Waals surface area contributed by atoms with Gasteiger partial charge in [0.2, 0.25) is 0 Å². The Morgan fingerprint density at radius 3 is 3.05 bits per heavy atom. The number of nitrogens with zero attached hydrogens (tertiary/aromatic N) is 3. The van der Waals surface area contributed by atoms with Crippen LogP contribution in [0.25, 0.3) is 22.1 Å². The molecule has 0 bridgehead atoms. The van der Waals surface area contributed by atoms with Crippen LogP contribution in [0.3, 0.4) is 0 Å². The molecule has 0 fully saturated rings. The van der Waals surface area contributed by atoms with E-state index in [1.54, 1.807) is 6.20 Å². The molecule has 3 heterocycles. The van der Waals surface area contributed by atoms with Crippen molar-refractivity contribution < 1.29 is 0 Å². The van der Waals surface area contributed by atoms with Crippen molar-refractivity contribution in [1.29, 1.82) is 0 Å². The van der Waals surface area contributed by atoms with Crippen molar-refractivity contribution in [2.45, 2.75) is 6.42 Å². The van der Waals surface area contributed by atoms with Crippen LogP contribution in [0.4, 0.5) is 0 Å². The van der Waals surface area contributed by atoms with Gasteiger partial charge in [0.05, 0.1) is 5.52 Å². The van der Waals surface area contributed by atoms with E-state index in [9.17, 15) is 0 Å². The number of aryl methyl sites for hydroxylation is 1. The Morgan fingerprint density at radius 1 is 1.29 bits per heavy atom. The molecule has 104 valence electrons. The summed E-state index contributed by atoms with van der Waals surface area (Å²) in [6.45, 7) is 0. The van der Waals surface area contributed by atoms with Crippen molar-refractivity contribution in [2.24, 2.45) is 7.05 Å². The maximum Gasteiger partial charge on any atom is 0.177 e. The highest BCUT2D eigenvalue weighted by Gasteiger charge is 2.10. The molecular weight excluding hydrogens is 328 g/mol. The Hall–Kier alpha value is -2.14. The number of hydrogen-bond donors (Lipinski definition) is 1. The number of halogens is 1. The van der Waals surface area contributed by atoms with Gasteiger partial charge in [0, 0.05) is 41.2 Å². The van der Waals surface area contributed by atoms with Crippen LogP contribution in [0.5, 0.6) is 0 Å². The van der Waals surface area contributed by atoms with Gasteiger partial charge in [-0.25, -0.2) is 9.97 Å². The molecule has 0 saturated heterocycles. The van der Waals surface area contributed by atoms with E-state index in [1.165, 1.54) is 16.5 Å². The van der Waals surface area contributed by atoms with Gasteiger partial charge in [0.25, 0.3) is 0 Å². The average Bonchev–Trinajstić information content (AvgIpc) is 3.01. The largest absolute Gasteiger partial charge is 0.350 e. The SMILES string of the molecule is Cn1cc(Cc2nc3ncc(Br)cc3[nH]2)c2ccccc21. The quantitative estimate of drug-likeness (QED) is 0.603. The van der Waals surface area contributed by atoms with Gasteiger partial charge >= 0.3 is 0 Å². The Kier molecular flexibility index (Phi) is 2.82. The monoisotopic (exact) mass is 340 g/mol. The highest BCUT2D eigenvalue weighted by molar-refractivity contribution is 9.10. The highest BCUT2D eigenvalue weighted by Crippen LogP contribution is 2.23. The number of para-hydroxylation sites is 1. The topological polar surface area (TPSA) is 46.5 Å². The second kappa shape index (κ2) is 4.70. The number of aromatic amines is 1. The molecule has 0 amide bonds. The Balaban J connectivity index is 1.79. The van der Waals surface area contributed by atoms with Crippen molar-refractivity contribution in [3.05, 3.63) is 58.6 Å². The number of H-pyrrole nitrogens is 1. The molecule has 0 radical (unpaired) electrons. The molecule has 0 atom stereocenters. The van der Waals surface area contributed by atoms with Crippen LogP contribution in [-0.2, 0) is 13.5 Å². The summed E-state index contributed by atoms with van der Waals surface area (Å²) in [6.07, 6.45) is 4.71. The number of aromatic nitrogens is 4. The Morgan fingerprint density at radius 2 is 2.14 bits per heavy atom.